The lowest BCUT2D eigenvalue weighted by atomic mass is 9.98. The van der Waals surface area contributed by atoms with Crippen LogP contribution in [0, 0.1) is 0 Å². The Morgan fingerprint density at radius 2 is 1.53 bits per heavy atom. The minimum absolute atomic E-state index is 0.351. The molecule has 0 aromatic rings. The van der Waals surface area contributed by atoms with E-state index < -0.39 is 0 Å². The van der Waals surface area contributed by atoms with Crippen LogP contribution in [0.4, 0.5) is 0 Å². The standard InChI is InChI=1S/C17H36N2/c1-5-6-7-8-9-10-13-18-16-11-14-19(15-12-16)17(2,3)4/h16,18H,5-15H2,1-4H3. The summed E-state index contributed by atoms with van der Waals surface area (Å²) in [4.78, 5) is 2.62. The number of hydrogen-bond donors (Lipinski definition) is 1. The van der Waals surface area contributed by atoms with Gasteiger partial charge >= 0.3 is 0 Å². The Hall–Kier alpha value is -0.0800. The number of nitrogens with zero attached hydrogens (tertiary/aromatic N) is 1. The Morgan fingerprint density at radius 1 is 0.947 bits per heavy atom. The highest BCUT2D eigenvalue weighted by Crippen LogP contribution is 2.20. The zero-order chi connectivity index (χ0) is 14.1. The molecule has 1 aliphatic heterocycles. The van der Waals surface area contributed by atoms with Crippen LogP contribution in [-0.2, 0) is 0 Å². The lowest BCUT2D eigenvalue weighted by Crippen LogP contribution is -2.50. The summed E-state index contributed by atoms with van der Waals surface area (Å²) >= 11 is 0. The predicted octanol–water partition coefficient (Wildman–Crippen LogP) is 4.20. The zero-order valence-corrected chi connectivity index (χ0v) is 13.8. The van der Waals surface area contributed by atoms with Gasteiger partial charge in [0.15, 0.2) is 0 Å². The van der Waals surface area contributed by atoms with Gasteiger partial charge in [0.2, 0.25) is 0 Å². The molecule has 0 aromatic heterocycles. The van der Waals surface area contributed by atoms with Gasteiger partial charge in [0, 0.05) is 24.7 Å². The molecular formula is C17H36N2. The van der Waals surface area contributed by atoms with E-state index in [1.807, 2.05) is 0 Å². The maximum Gasteiger partial charge on any atom is 0.0125 e. The van der Waals surface area contributed by atoms with Crippen LogP contribution in [-0.4, -0.2) is 36.1 Å². The predicted molar refractivity (Wildman–Crippen MR) is 85.7 cm³/mol. The first-order chi connectivity index (χ1) is 9.04. The Bertz CT molecular complexity index is 212. The van der Waals surface area contributed by atoms with Crippen LogP contribution in [0.2, 0.25) is 0 Å². The summed E-state index contributed by atoms with van der Waals surface area (Å²) in [7, 11) is 0. The number of likely N-dealkylation sites (tertiary alicyclic amines) is 1. The van der Waals surface area contributed by atoms with Gasteiger partial charge in [0.05, 0.1) is 0 Å². The quantitative estimate of drug-likeness (QED) is 0.664. The molecule has 1 saturated heterocycles. The van der Waals surface area contributed by atoms with Gasteiger partial charge in [-0.3, -0.25) is 4.90 Å². The first-order valence-electron chi connectivity index (χ1n) is 8.52. The summed E-state index contributed by atoms with van der Waals surface area (Å²) in [5, 5.41) is 3.76. The van der Waals surface area contributed by atoms with E-state index in [9.17, 15) is 0 Å². The average Bonchev–Trinajstić information content (AvgIpc) is 2.37. The molecule has 0 spiro atoms. The Kier molecular flexibility index (Phi) is 8.01. The summed E-state index contributed by atoms with van der Waals surface area (Å²) in [6, 6.07) is 0.772. The Labute approximate surface area is 121 Å². The van der Waals surface area contributed by atoms with Crippen molar-refractivity contribution >= 4 is 0 Å². The second kappa shape index (κ2) is 8.97. The van der Waals surface area contributed by atoms with Gasteiger partial charge in [0.1, 0.15) is 0 Å². The monoisotopic (exact) mass is 268 g/mol. The second-order valence-electron chi connectivity index (χ2n) is 7.15. The minimum Gasteiger partial charge on any atom is -0.314 e. The third-order valence-electron chi connectivity index (χ3n) is 4.41. The van der Waals surface area contributed by atoms with E-state index in [1.54, 1.807) is 0 Å². The van der Waals surface area contributed by atoms with Crippen molar-refractivity contribution in [3.8, 4) is 0 Å². The molecule has 1 rings (SSSR count). The van der Waals surface area contributed by atoms with Crippen LogP contribution in [0.15, 0.2) is 0 Å². The molecule has 0 aromatic carbocycles. The van der Waals surface area contributed by atoms with Crippen LogP contribution in [0.1, 0.15) is 79.1 Å². The molecule has 1 aliphatic rings. The number of unbranched alkanes of at least 4 members (excludes halogenated alkanes) is 5. The Balaban J connectivity index is 1.98. The van der Waals surface area contributed by atoms with Gasteiger partial charge < -0.3 is 5.32 Å². The number of nitrogens with one attached hydrogen (secondary N) is 1. The van der Waals surface area contributed by atoms with Crippen LogP contribution in [0.25, 0.3) is 0 Å². The first kappa shape index (κ1) is 17.0. The number of hydrogen-bond acceptors (Lipinski definition) is 2. The van der Waals surface area contributed by atoms with E-state index in [0.29, 0.717) is 5.54 Å². The molecule has 19 heavy (non-hydrogen) atoms. The van der Waals surface area contributed by atoms with Crippen molar-refractivity contribution in [3.63, 3.8) is 0 Å². The van der Waals surface area contributed by atoms with Gasteiger partial charge in [-0.05, 0) is 46.6 Å². The van der Waals surface area contributed by atoms with Gasteiger partial charge in [-0.2, -0.15) is 0 Å². The average molecular weight is 268 g/mol. The van der Waals surface area contributed by atoms with E-state index in [1.165, 1.54) is 71.0 Å². The minimum atomic E-state index is 0.351. The molecular weight excluding hydrogens is 232 g/mol. The van der Waals surface area contributed by atoms with E-state index in [-0.39, 0.29) is 0 Å². The van der Waals surface area contributed by atoms with Crippen molar-refractivity contribution < 1.29 is 0 Å². The highest BCUT2D eigenvalue weighted by Gasteiger charge is 2.26. The summed E-state index contributed by atoms with van der Waals surface area (Å²) in [6.07, 6.45) is 11.1. The van der Waals surface area contributed by atoms with Crippen LogP contribution in [0.5, 0.6) is 0 Å². The third kappa shape index (κ3) is 7.31. The van der Waals surface area contributed by atoms with E-state index in [2.05, 4.69) is 37.9 Å². The molecule has 0 aliphatic carbocycles. The lowest BCUT2D eigenvalue weighted by Gasteiger charge is -2.41. The van der Waals surface area contributed by atoms with Crippen molar-refractivity contribution in [2.75, 3.05) is 19.6 Å². The van der Waals surface area contributed by atoms with Crippen molar-refractivity contribution in [2.45, 2.75) is 90.6 Å². The van der Waals surface area contributed by atoms with E-state index in [4.69, 9.17) is 0 Å². The highest BCUT2D eigenvalue weighted by atomic mass is 15.2. The van der Waals surface area contributed by atoms with E-state index in [0.717, 1.165) is 6.04 Å². The van der Waals surface area contributed by atoms with Gasteiger partial charge in [-0.1, -0.05) is 39.0 Å². The van der Waals surface area contributed by atoms with Crippen molar-refractivity contribution in [1.82, 2.24) is 10.2 Å². The molecule has 1 N–H and O–H groups in total. The van der Waals surface area contributed by atoms with Crippen LogP contribution < -0.4 is 5.32 Å². The Morgan fingerprint density at radius 3 is 2.11 bits per heavy atom. The molecule has 2 heteroatoms. The van der Waals surface area contributed by atoms with Gasteiger partial charge in [0.25, 0.3) is 0 Å². The number of piperidine rings is 1. The first-order valence-corrected chi connectivity index (χ1v) is 8.52. The van der Waals surface area contributed by atoms with Gasteiger partial charge in [-0.15, -0.1) is 0 Å². The van der Waals surface area contributed by atoms with Crippen molar-refractivity contribution in [3.05, 3.63) is 0 Å². The molecule has 1 heterocycles. The smallest absolute Gasteiger partial charge is 0.0125 e. The summed E-state index contributed by atoms with van der Waals surface area (Å²) in [6.45, 7) is 13.0. The fourth-order valence-electron chi connectivity index (χ4n) is 2.97. The largest absolute Gasteiger partial charge is 0.314 e. The van der Waals surface area contributed by atoms with Crippen molar-refractivity contribution in [2.24, 2.45) is 0 Å². The summed E-state index contributed by atoms with van der Waals surface area (Å²) in [5.41, 5.74) is 0.351. The molecule has 0 radical (unpaired) electrons. The van der Waals surface area contributed by atoms with Crippen LogP contribution >= 0.6 is 0 Å². The second-order valence-corrected chi connectivity index (χ2v) is 7.15. The van der Waals surface area contributed by atoms with Gasteiger partial charge in [-0.25, -0.2) is 0 Å². The SMILES string of the molecule is CCCCCCCCNC1CCN(C(C)(C)C)CC1. The third-order valence-corrected chi connectivity index (χ3v) is 4.41. The maximum atomic E-state index is 3.76. The molecule has 114 valence electrons. The lowest BCUT2D eigenvalue weighted by molar-refractivity contribution is 0.0963. The fourth-order valence-corrected chi connectivity index (χ4v) is 2.97. The molecule has 1 fully saturated rings. The van der Waals surface area contributed by atoms with E-state index >= 15 is 0 Å². The topological polar surface area (TPSA) is 15.3 Å². The summed E-state index contributed by atoms with van der Waals surface area (Å²) in [5.74, 6) is 0. The molecule has 0 bridgehead atoms. The fraction of sp³-hybridized carbons (Fsp3) is 1.00. The zero-order valence-electron chi connectivity index (χ0n) is 13.8. The van der Waals surface area contributed by atoms with Crippen molar-refractivity contribution in [1.29, 1.82) is 0 Å². The molecule has 2 nitrogen and oxygen atoms in total. The molecule has 0 saturated carbocycles. The number of rotatable bonds is 8. The normalized spacial score (nSPS) is 18.9. The highest BCUT2D eigenvalue weighted by molar-refractivity contribution is 4.84. The summed E-state index contributed by atoms with van der Waals surface area (Å²) < 4.78 is 0. The molecule has 0 unspecified atom stereocenters. The van der Waals surface area contributed by atoms with Crippen LogP contribution in [0.3, 0.4) is 0 Å². The molecule has 0 atom stereocenters. The molecule has 0 amide bonds. The maximum absolute atomic E-state index is 3.76.